The van der Waals surface area contributed by atoms with Gasteiger partial charge in [0.2, 0.25) is 0 Å². The Balaban J connectivity index is 1.29. The van der Waals surface area contributed by atoms with Gasteiger partial charge in [0.15, 0.2) is 0 Å². The van der Waals surface area contributed by atoms with E-state index in [-0.39, 0.29) is 0 Å². The first-order valence-electron chi connectivity index (χ1n) is 19.1. The fraction of sp³-hybridized carbons (Fsp3) is 0.0182. The summed E-state index contributed by atoms with van der Waals surface area (Å²) < 4.78 is 0. The number of fused-ring (bicyclic) bond motifs is 3. The van der Waals surface area contributed by atoms with E-state index in [4.69, 9.17) is 0 Å². The van der Waals surface area contributed by atoms with Crippen LogP contribution in [-0.4, -0.2) is 0 Å². The lowest BCUT2D eigenvalue weighted by Crippen LogP contribution is -1.99. The van der Waals surface area contributed by atoms with Crippen molar-refractivity contribution in [1.82, 2.24) is 0 Å². The fourth-order valence-electron chi connectivity index (χ4n) is 8.50. The van der Waals surface area contributed by atoms with Crippen LogP contribution in [0.5, 0.6) is 0 Å². The Morgan fingerprint density at radius 1 is 0.255 bits per heavy atom. The molecule has 0 heterocycles. The summed E-state index contributed by atoms with van der Waals surface area (Å²) in [5.74, 6) is 0. The molecule has 55 heavy (non-hydrogen) atoms. The maximum absolute atomic E-state index is 2.45. The molecule has 0 radical (unpaired) electrons. The summed E-state index contributed by atoms with van der Waals surface area (Å²) >= 11 is 0. The molecule has 10 rings (SSSR count). The molecule has 0 heteroatoms. The van der Waals surface area contributed by atoms with E-state index in [1.54, 1.807) is 0 Å². The Kier molecular flexibility index (Phi) is 8.35. The van der Waals surface area contributed by atoms with Gasteiger partial charge in [0.1, 0.15) is 0 Å². The van der Waals surface area contributed by atoms with Crippen molar-refractivity contribution in [3.05, 3.63) is 230 Å². The summed E-state index contributed by atoms with van der Waals surface area (Å²) in [6.45, 7) is 0. The van der Waals surface area contributed by atoms with E-state index in [1.807, 2.05) is 0 Å². The molecule has 0 bridgehead atoms. The van der Waals surface area contributed by atoms with E-state index < -0.39 is 0 Å². The van der Waals surface area contributed by atoms with Crippen molar-refractivity contribution < 1.29 is 0 Å². The smallest absolute Gasteiger partial charge is 0.000706 e. The summed E-state index contributed by atoms with van der Waals surface area (Å²) in [7, 11) is 0. The third kappa shape index (κ3) is 6.09. The molecule has 0 N–H and O–H groups in total. The molecule has 0 saturated heterocycles. The molecule has 0 spiro atoms. The van der Waals surface area contributed by atoms with Crippen molar-refractivity contribution in [2.24, 2.45) is 0 Å². The minimum Gasteiger partial charge on any atom is -0.0622 e. The summed E-state index contributed by atoms with van der Waals surface area (Å²) in [6.07, 6.45) is 0.788. The van der Waals surface area contributed by atoms with Crippen LogP contribution in [0.1, 0.15) is 11.1 Å². The van der Waals surface area contributed by atoms with Gasteiger partial charge in [0.25, 0.3) is 0 Å². The van der Waals surface area contributed by atoms with Crippen molar-refractivity contribution in [3.63, 3.8) is 0 Å². The van der Waals surface area contributed by atoms with Crippen molar-refractivity contribution in [1.29, 1.82) is 0 Å². The molecule has 0 amide bonds. The monoisotopic (exact) mass is 698 g/mol. The minimum atomic E-state index is 0.788. The van der Waals surface area contributed by atoms with Gasteiger partial charge in [-0.2, -0.15) is 0 Å². The molecule has 0 unspecified atom stereocenters. The molecule has 0 saturated carbocycles. The molecule has 0 aliphatic carbocycles. The van der Waals surface area contributed by atoms with Gasteiger partial charge in [-0.1, -0.05) is 200 Å². The maximum Gasteiger partial charge on any atom is -0.000706 e. The molecule has 0 aromatic heterocycles. The molecule has 0 atom stereocenters. The van der Waals surface area contributed by atoms with Gasteiger partial charge in [0, 0.05) is 0 Å². The van der Waals surface area contributed by atoms with Gasteiger partial charge in [-0.25, -0.2) is 0 Å². The first-order chi connectivity index (χ1) is 27.3. The van der Waals surface area contributed by atoms with Crippen molar-refractivity contribution in [2.75, 3.05) is 0 Å². The average molecular weight is 699 g/mol. The minimum absolute atomic E-state index is 0.788. The zero-order valence-corrected chi connectivity index (χ0v) is 30.5. The highest BCUT2D eigenvalue weighted by Gasteiger charge is 2.21. The lowest BCUT2D eigenvalue weighted by atomic mass is 9.81. The quantitative estimate of drug-likeness (QED) is 0.145. The third-order valence-electron chi connectivity index (χ3n) is 11.1. The van der Waals surface area contributed by atoms with Crippen molar-refractivity contribution in [2.45, 2.75) is 6.42 Å². The molecule has 0 fully saturated rings. The predicted octanol–water partition coefficient (Wildman–Crippen LogP) is 15.1. The van der Waals surface area contributed by atoms with Gasteiger partial charge in [-0.15, -0.1) is 0 Å². The predicted molar refractivity (Wildman–Crippen MR) is 235 cm³/mol. The first kappa shape index (κ1) is 32.6. The zero-order chi connectivity index (χ0) is 36.6. The van der Waals surface area contributed by atoms with Crippen LogP contribution in [0.3, 0.4) is 0 Å². The molecule has 0 aliphatic rings. The van der Waals surface area contributed by atoms with Gasteiger partial charge in [-0.05, 0) is 124 Å². The standard InChI is InChI=1S/C55H38/c1-5-17-38(18-6-1)44-29-31-47(40-21-9-3-10-22-40)46(33-44)37-51-49-27-15-16-28-50(49)55(54-35-43-26-14-13-25-42(43)34-52(51)54)53-36-45(39-19-7-2-8-20-39)30-32-48(53)41-23-11-4-12-24-41/h1-36H,37H2. The van der Waals surface area contributed by atoms with Crippen LogP contribution in [0.4, 0.5) is 0 Å². The third-order valence-corrected chi connectivity index (χ3v) is 11.1. The van der Waals surface area contributed by atoms with Gasteiger partial charge in [-0.3, -0.25) is 0 Å². The van der Waals surface area contributed by atoms with Crippen molar-refractivity contribution >= 4 is 32.3 Å². The Bertz CT molecular complexity index is 2960. The molecule has 0 aliphatic heterocycles. The van der Waals surface area contributed by atoms with Gasteiger partial charge >= 0.3 is 0 Å². The van der Waals surface area contributed by atoms with Crippen LogP contribution in [0.15, 0.2) is 218 Å². The summed E-state index contributed by atoms with van der Waals surface area (Å²) in [6, 6.07) is 80.1. The van der Waals surface area contributed by atoms with Crippen LogP contribution in [0.25, 0.3) is 88.0 Å². The molecule has 0 nitrogen and oxygen atoms in total. The fourth-order valence-corrected chi connectivity index (χ4v) is 8.50. The Hall–Kier alpha value is -7.02. The van der Waals surface area contributed by atoms with Crippen LogP contribution >= 0.6 is 0 Å². The maximum atomic E-state index is 2.45. The number of hydrogen-bond donors (Lipinski definition) is 0. The molecule has 10 aromatic rings. The highest BCUT2D eigenvalue weighted by atomic mass is 14.2. The first-order valence-corrected chi connectivity index (χ1v) is 19.1. The number of rotatable bonds is 7. The van der Waals surface area contributed by atoms with E-state index in [0.29, 0.717) is 0 Å². The lowest BCUT2D eigenvalue weighted by Gasteiger charge is -2.22. The zero-order valence-electron chi connectivity index (χ0n) is 30.5. The Morgan fingerprint density at radius 2 is 0.709 bits per heavy atom. The van der Waals surface area contributed by atoms with E-state index in [2.05, 4.69) is 218 Å². The normalized spacial score (nSPS) is 11.3. The number of hydrogen-bond acceptors (Lipinski definition) is 0. The van der Waals surface area contributed by atoms with E-state index in [0.717, 1.165) is 6.42 Å². The molecule has 10 aromatic carbocycles. The van der Waals surface area contributed by atoms with Crippen LogP contribution in [0, 0.1) is 0 Å². The summed E-state index contributed by atoms with van der Waals surface area (Å²) in [5, 5.41) is 7.61. The molecule has 258 valence electrons. The SMILES string of the molecule is c1ccc(-c2ccc(-c3ccccc3)c(Cc3c4ccccc4c(-c4cc(-c5ccccc5)ccc4-c4ccccc4)c4cc5ccccc5cc34)c2)cc1. The second-order valence-corrected chi connectivity index (χ2v) is 14.4. The highest BCUT2D eigenvalue weighted by molar-refractivity contribution is 6.19. The number of benzene rings is 10. The van der Waals surface area contributed by atoms with E-state index in [9.17, 15) is 0 Å². The Morgan fingerprint density at radius 3 is 1.31 bits per heavy atom. The van der Waals surface area contributed by atoms with Crippen LogP contribution in [-0.2, 0) is 6.42 Å². The molecular formula is C55H38. The topological polar surface area (TPSA) is 0 Å². The average Bonchev–Trinajstić information content (AvgIpc) is 3.27. The second-order valence-electron chi connectivity index (χ2n) is 14.4. The van der Waals surface area contributed by atoms with Crippen molar-refractivity contribution in [3.8, 4) is 55.6 Å². The molecular weight excluding hydrogens is 661 g/mol. The highest BCUT2D eigenvalue weighted by Crippen LogP contribution is 2.46. The van der Waals surface area contributed by atoms with Crippen LogP contribution in [0.2, 0.25) is 0 Å². The van der Waals surface area contributed by atoms with Crippen LogP contribution < -0.4 is 0 Å². The van der Waals surface area contributed by atoms with E-state index in [1.165, 1.54) is 99.1 Å². The van der Waals surface area contributed by atoms with E-state index >= 15 is 0 Å². The van der Waals surface area contributed by atoms with Gasteiger partial charge < -0.3 is 0 Å². The summed E-state index contributed by atoms with van der Waals surface area (Å²) in [4.78, 5) is 0. The summed E-state index contributed by atoms with van der Waals surface area (Å²) in [5.41, 5.74) is 15.0. The second kappa shape index (κ2) is 14.1. The largest absolute Gasteiger partial charge is 0.0622 e. The van der Waals surface area contributed by atoms with Gasteiger partial charge in [0.05, 0.1) is 0 Å². The lowest BCUT2D eigenvalue weighted by molar-refractivity contribution is 1.23. The Labute approximate surface area is 322 Å².